The summed E-state index contributed by atoms with van der Waals surface area (Å²) in [4.78, 5) is 4.36. The normalized spacial score (nSPS) is 14.8. The van der Waals surface area contributed by atoms with Gasteiger partial charge in [-0.3, -0.25) is 0 Å². The van der Waals surface area contributed by atoms with Crippen LogP contribution < -0.4 is 5.32 Å². The number of rotatable bonds is 4. The fraction of sp³-hybridized carbons (Fsp3) is 0.429. The van der Waals surface area contributed by atoms with Crippen molar-refractivity contribution in [1.82, 2.24) is 10.1 Å². The molecular formula is C14H17N3O. The largest absolute Gasteiger partial charge is 0.335 e. The molecule has 1 aromatic heterocycles. The molecule has 0 saturated heterocycles. The van der Waals surface area contributed by atoms with Crippen LogP contribution in [0.15, 0.2) is 22.7 Å². The fourth-order valence-corrected chi connectivity index (χ4v) is 2.14. The van der Waals surface area contributed by atoms with E-state index in [0.29, 0.717) is 12.1 Å². The van der Waals surface area contributed by atoms with Gasteiger partial charge in [-0.15, -0.1) is 0 Å². The topological polar surface area (TPSA) is 51.0 Å². The maximum Gasteiger partial charge on any atom is 0.321 e. The Hall–Kier alpha value is -1.84. The van der Waals surface area contributed by atoms with Gasteiger partial charge >= 0.3 is 6.01 Å². The van der Waals surface area contributed by atoms with Crippen molar-refractivity contribution >= 4 is 6.01 Å². The number of nitrogens with one attached hydrogen (secondary N) is 1. The zero-order chi connectivity index (χ0) is 12.5. The number of nitrogens with zero attached hydrogens (tertiary/aromatic N) is 2. The average molecular weight is 243 g/mol. The third kappa shape index (κ3) is 2.70. The minimum atomic E-state index is 0.541. The Bertz CT molecular complexity index is 538. The zero-order valence-corrected chi connectivity index (χ0v) is 10.7. The summed E-state index contributed by atoms with van der Waals surface area (Å²) in [5.74, 6) is 0.739. The Morgan fingerprint density at radius 1 is 1.22 bits per heavy atom. The van der Waals surface area contributed by atoms with E-state index in [0.717, 1.165) is 12.2 Å². The van der Waals surface area contributed by atoms with Crippen LogP contribution >= 0.6 is 0 Å². The molecule has 1 aromatic carbocycles. The van der Waals surface area contributed by atoms with Crippen molar-refractivity contribution in [1.29, 1.82) is 0 Å². The van der Waals surface area contributed by atoms with Crippen LogP contribution in [-0.2, 0) is 6.42 Å². The Morgan fingerprint density at radius 2 is 1.94 bits per heavy atom. The van der Waals surface area contributed by atoms with Crippen molar-refractivity contribution in [2.24, 2.45) is 0 Å². The molecule has 0 spiro atoms. The third-order valence-electron chi connectivity index (χ3n) is 3.02. The van der Waals surface area contributed by atoms with Gasteiger partial charge in [-0.2, -0.15) is 4.98 Å². The number of aryl methyl sites for hydroxylation is 2. The number of aromatic nitrogens is 2. The summed E-state index contributed by atoms with van der Waals surface area (Å²) in [7, 11) is 0. The van der Waals surface area contributed by atoms with Crippen LogP contribution in [0.1, 0.15) is 35.4 Å². The summed E-state index contributed by atoms with van der Waals surface area (Å²) < 4.78 is 5.18. The van der Waals surface area contributed by atoms with Gasteiger partial charge in [0.05, 0.1) is 0 Å². The average Bonchev–Trinajstić information content (AvgIpc) is 2.98. The predicted octanol–water partition coefficient (Wildman–Crippen LogP) is 2.85. The summed E-state index contributed by atoms with van der Waals surface area (Å²) in [6, 6.07) is 7.59. The standard InChI is InChI=1S/C14H17N3O/c1-9-5-10(2)7-11(6-9)8-13-16-14(18-17-13)15-12-3-4-12/h5-7,12H,3-4,8H2,1-2H3,(H,15,16,17). The first-order valence-electron chi connectivity index (χ1n) is 6.35. The molecular weight excluding hydrogens is 226 g/mol. The van der Waals surface area contributed by atoms with E-state index >= 15 is 0 Å². The van der Waals surface area contributed by atoms with E-state index in [1.54, 1.807) is 0 Å². The highest BCUT2D eigenvalue weighted by molar-refractivity contribution is 5.31. The molecule has 1 aliphatic rings. The SMILES string of the molecule is Cc1cc(C)cc(Cc2noc(NC3CC3)n2)c1. The van der Waals surface area contributed by atoms with Crippen molar-refractivity contribution in [3.8, 4) is 0 Å². The lowest BCUT2D eigenvalue weighted by Crippen LogP contribution is -2.01. The lowest BCUT2D eigenvalue weighted by atomic mass is 10.1. The van der Waals surface area contributed by atoms with Crippen LogP contribution in [0, 0.1) is 13.8 Å². The smallest absolute Gasteiger partial charge is 0.321 e. The van der Waals surface area contributed by atoms with E-state index in [2.05, 4.69) is 47.5 Å². The molecule has 1 fully saturated rings. The Kier molecular flexibility index (Phi) is 2.78. The number of benzene rings is 1. The molecule has 0 aliphatic heterocycles. The summed E-state index contributed by atoms with van der Waals surface area (Å²) in [5, 5.41) is 7.21. The van der Waals surface area contributed by atoms with Gasteiger partial charge < -0.3 is 9.84 Å². The van der Waals surface area contributed by atoms with Crippen LogP contribution in [0.25, 0.3) is 0 Å². The van der Waals surface area contributed by atoms with Crippen LogP contribution in [-0.4, -0.2) is 16.2 Å². The van der Waals surface area contributed by atoms with Gasteiger partial charge in [-0.1, -0.05) is 34.5 Å². The van der Waals surface area contributed by atoms with E-state index in [4.69, 9.17) is 4.52 Å². The molecule has 4 heteroatoms. The Labute approximate surface area is 106 Å². The van der Waals surface area contributed by atoms with Crippen molar-refractivity contribution in [3.05, 3.63) is 40.7 Å². The molecule has 0 radical (unpaired) electrons. The molecule has 4 nitrogen and oxygen atoms in total. The summed E-state index contributed by atoms with van der Waals surface area (Å²) in [6.07, 6.45) is 3.13. The first-order valence-corrected chi connectivity index (χ1v) is 6.35. The van der Waals surface area contributed by atoms with Crippen molar-refractivity contribution in [2.45, 2.75) is 39.2 Å². The highest BCUT2D eigenvalue weighted by Crippen LogP contribution is 2.23. The molecule has 1 aliphatic carbocycles. The lowest BCUT2D eigenvalue weighted by molar-refractivity contribution is 0.423. The fourth-order valence-electron chi connectivity index (χ4n) is 2.14. The van der Waals surface area contributed by atoms with Gasteiger partial charge in [-0.25, -0.2) is 0 Å². The predicted molar refractivity (Wildman–Crippen MR) is 69.7 cm³/mol. The highest BCUT2D eigenvalue weighted by atomic mass is 16.5. The minimum absolute atomic E-state index is 0.541. The van der Waals surface area contributed by atoms with E-state index in [9.17, 15) is 0 Å². The first kappa shape index (κ1) is 11.3. The van der Waals surface area contributed by atoms with Crippen molar-refractivity contribution < 1.29 is 4.52 Å². The molecule has 1 N–H and O–H groups in total. The Morgan fingerprint density at radius 3 is 2.61 bits per heavy atom. The lowest BCUT2D eigenvalue weighted by Gasteiger charge is -2.01. The first-order chi connectivity index (χ1) is 8.69. The van der Waals surface area contributed by atoms with Gasteiger partial charge in [0.1, 0.15) is 0 Å². The molecule has 0 amide bonds. The van der Waals surface area contributed by atoms with Gasteiger partial charge in [0.15, 0.2) is 5.82 Å². The monoisotopic (exact) mass is 243 g/mol. The maximum absolute atomic E-state index is 5.18. The molecule has 0 bridgehead atoms. The van der Waals surface area contributed by atoms with Crippen molar-refractivity contribution in [2.75, 3.05) is 5.32 Å². The van der Waals surface area contributed by atoms with Gasteiger partial charge in [-0.05, 0) is 32.3 Å². The molecule has 94 valence electrons. The number of hydrogen-bond acceptors (Lipinski definition) is 4. The quantitative estimate of drug-likeness (QED) is 0.897. The van der Waals surface area contributed by atoms with Gasteiger partial charge in [0.25, 0.3) is 0 Å². The van der Waals surface area contributed by atoms with Crippen LogP contribution in [0.2, 0.25) is 0 Å². The van der Waals surface area contributed by atoms with Crippen molar-refractivity contribution in [3.63, 3.8) is 0 Å². The maximum atomic E-state index is 5.18. The van der Waals surface area contributed by atoms with Gasteiger partial charge in [0.2, 0.25) is 0 Å². The van der Waals surface area contributed by atoms with Crippen LogP contribution in [0.3, 0.4) is 0 Å². The van der Waals surface area contributed by atoms with Crippen LogP contribution in [0.5, 0.6) is 0 Å². The summed E-state index contributed by atoms with van der Waals surface area (Å²) in [5.41, 5.74) is 3.76. The molecule has 3 rings (SSSR count). The Balaban J connectivity index is 1.72. The highest BCUT2D eigenvalue weighted by Gasteiger charge is 2.23. The second kappa shape index (κ2) is 4.44. The molecule has 0 unspecified atom stereocenters. The minimum Gasteiger partial charge on any atom is -0.335 e. The molecule has 1 saturated carbocycles. The second-order valence-electron chi connectivity index (χ2n) is 5.11. The van der Waals surface area contributed by atoms with Gasteiger partial charge in [0, 0.05) is 12.5 Å². The summed E-state index contributed by atoms with van der Waals surface area (Å²) >= 11 is 0. The van der Waals surface area contributed by atoms with E-state index < -0.39 is 0 Å². The number of hydrogen-bond donors (Lipinski definition) is 1. The van der Waals surface area contributed by atoms with E-state index in [1.165, 1.54) is 29.5 Å². The van der Waals surface area contributed by atoms with E-state index in [1.807, 2.05) is 0 Å². The number of anilines is 1. The second-order valence-corrected chi connectivity index (χ2v) is 5.11. The molecule has 1 heterocycles. The van der Waals surface area contributed by atoms with E-state index in [-0.39, 0.29) is 0 Å². The zero-order valence-electron chi connectivity index (χ0n) is 10.7. The molecule has 0 atom stereocenters. The molecule has 18 heavy (non-hydrogen) atoms. The summed E-state index contributed by atoms with van der Waals surface area (Å²) in [6.45, 7) is 4.21. The van der Waals surface area contributed by atoms with Crippen LogP contribution in [0.4, 0.5) is 6.01 Å². The molecule has 2 aromatic rings. The third-order valence-corrected chi connectivity index (χ3v) is 3.02.